The van der Waals surface area contributed by atoms with Gasteiger partial charge < -0.3 is 4.90 Å². The van der Waals surface area contributed by atoms with E-state index in [1.54, 1.807) is 19.9 Å². The third kappa shape index (κ3) is 4.00. The van der Waals surface area contributed by atoms with Crippen LogP contribution in [0.1, 0.15) is 35.6 Å². The molecule has 1 amide bonds. The van der Waals surface area contributed by atoms with Crippen LogP contribution >= 0.6 is 0 Å². The van der Waals surface area contributed by atoms with Gasteiger partial charge in [0.1, 0.15) is 5.69 Å². The Morgan fingerprint density at radius 1 is 1.30 bits per heavy atom. The molecule has 4 nitrogen and oxygen atoms in total. The summed E-state index contributed by atoms with van der Waals surface area (Å²) in [5.74, 6) is -0.587. The minimum absolute atomic E-state index is 0.254. The number of carbonyl (C=O) groups is 1. The Labute approximate surface area is 131 Å². The second kappa shape index (κ2) is 6.68. The Balaban J connectivity index is 2.29. The summed E-state index contributed by atoms with van der Waals surface area (Å²) >= 11 is 0. The summed E-state index contributed by atoms with van der Waals surface area (Å²) in [6.45, 7) is 3.73. The van der Waals surface area contributed by atoms with E-state index in [9.17, 15) is 18.0 Å². The molecule has 2 aromatic rings. The summed E-state index contributed by atoms with van der Waals surface area (Å²) < 4.78 is 37.9. The Hall–Kier alpha value is -2.57. The van der Waals surface area contributed by atoms with E-state index in [0.717, 1.165) is 11.6 Å². The molecule has 1 aromatic carbocycles. The van der Waals surface area contributed by atoms with Gasteiger partial charge in [0, 0.05) is 11.8 Å². The molecule has 0 aliphatic heterocycles. The summed E-state index contributed by atoms with van der Waals surface area (Å²) in [7, 11) is 0. The molecule has 23 heavy (non-hydrogen) atoms. The predicted octanol–water partition coefficient (Wildman–Crippen LogP) is 3.99. The van der Waals surface area contributed by atoms with Crippen molar-refractivity contribution in [3.63, 3.8) is 0 Å². The minimum atomic E-state index is -4.56. The van der Waals surface area contributed by atoms with Crippen LogP contribution in [-0.4, -0.2) is 21.0 Å². The third-order valence-corrected chi connectivity index (χ3v) is 3.37. The highest BCUT2D eigenvalue weighted by atomic mass is 19.4. The second-order valence-electron chi connectivity index (χ2n) is 4.97. The van der Waals surface area contributed by atoms with E-state index in [1.807, 2.05) is 35.4 Å². The molecule has 7 heteroatoms. The highest BCUT2D eigenvalue weighted by Crippen LogP contribution is 2.28. The number of alkyl halides is 3. The third-order valence-electron chi connectivity index (χ3n) is 3.37. The van der Waals surface area contributed by atoms with Gasteiger partial charge in [0.25, 0.3) is 5.91 Å². The number of nitrogens with one attached hydrogen (secondary N) is 1. The van der Waals surface area contributed by atoms with Crippen LogP contribution in [0, 0.1) is 0 Å². The average molecular weight is 323 g/mol. The van der Waals surface area contributed by atoms with E-state index in [2.05, 4.69) is 5.10 Å². The Kier molecular flexibility index (Phi) is 4.88. The zero-order chi connectivity index (χ0) is 17.0. The first-order valence-electron chi connectivity index (χ1n) is 6.94. The first-order chi connectivity index (χ1) is 10.8. The van der Waals surface area contributed by atoms with Gasteiger partial charge in [-0.3, -0.25) is 9.89 Å². The quantitative estimate of drug-likeness (QED) is 0.925. The summed E-state index contributed by atoms with van der Waals surface area (Å²) in [4.78, 5) is 13.9. The molecule has 0 aliphatic rings. The Morgan fingerprint density at radius 3 is 2.48 bits per heavy atom. The molecule has 0 spiro atoms. The lowest BCUT2D eigenvalue weighted by atomic mass is 10.2. The summed E-state index contributed by atoms with van der Waals surface area (Å²) in [5.41, 5.74) is 0.192. The molecular formula is C16H16F3N3O. The van der Waals surface area contributed by atoms with E-state index in [1.165, 1.54) is 4.90 Å². The molecule has 2 rings (SSSR count). The van der Waals surface area contributed by atoms with Gasteiger partial charge in [-0.1, -0.05) is 36.4 Å². The van der Waals surface area contributed by atoms with Gasteiger partial charge in [0.15, 0.2) is 5.69 Å². The zero-order valence-electron chi connectivity index (χ0n) is 12.7. The summed E-state index contributed by atoms with van der Waals surface area (Å²) in [5, 5.41) is 5.36. The zero-order valence-corrected chi connectivity index (χ0v) is 12.7. The maximum absolute atomic E-state index is 12.6. The lowest BCUT2D eigenvalue weighted by Gasteiger charge is -2.22. The van der Waals surface area contributed by atoms with Gasteiger partial charge in [-0.15, -0.1) is 0 Å². The number of H-pyrrole nitrogens is 1. The van der Waals surface area contributed by atoms with Crippen molar-refractivity contribution in [3.8, 4) is 0 Å². The minimum Gasteiger partial charge on any atom is -0.307 e. The monoisotopic (exact) mass is 323 g/mol. The number of hydrogen-bond acceptors (Lipinski definition) is 2. The first kappa shape index (κ1) is 16.8. The molecule has 0 atom stereocenters. The van der Waals surface area contributed by atoms with Gasteiger partial charge in [-0.05, 0) is 19.4 Å². The molecule has 0 radical (unpaired) electrons. The number of halogens is 3. The van der Waals surface area contributed by atoms with Crippen LogP contribution in [0.3, 0.4) is 0 Å². The summed E-state index contributed by atoms with van der Waals surface area (Å²) in [6.07, 6.45) is -2.84. The number of allylic oxidation sites excluding steroid dienone is 2. The van der Waals surface area contributed by atoms with Crippen LogP contribution in [0.15, 0.2) is 48.2 Å². The van der Waals surface area contributed by atoms with Crippen molar-refractivity contribution in [1.29, 1.82) is 0 Å². The second-order valence-corrected chi connectivity index (χ2v) is 4.97. The van der Waals surface area contributed by atoms with E-state index in [-0.39, 0.29) is 12.2 Å². The fraction of sp³-hybridized carbons (Fsp3) is 0.250. The van der Waals surface area contributed by atoms with Gasteiger partial charge in [0.05, 0.1) is 6.54 Å². The van der Waals surface area contributed by atoms with Crippen molar-refractivity contribution < 1.29 is 18.0 Å². The van der Waals surface area contributed by atoms with Crippen molar-refractivity contribution in [2.45, 2.75) is 26.6 Å². The number of nitrogens with zero attached hydrogens (tertiary/aromatic N) is 2. The average Bonchev–Trinajstić information content (AvgIpc) is 3.02. The maximum Gasteiger partial charge on any atom is 0.432 e. The van der Waals surface area contributed by atoms with Crippen LogP contribution in [0.2, 0.25) is 0 Å². The van der Waals surface area contributed by atoms with Crippen LogP contribution in [-0.2, 0) is 12.7 Å². The van der Waals surface area contributed by atoms with E-state index in [4.69, 9.17) is 0 Å². The van der Waals surface area contributed by atoms with Gasteiger partial charge >= 0.3 is 6.18 Å². The van der Waals surface area contributed by atoms with E-state index in [0.29, 0.717) is 5.70 Å². The fourth-order valence-corrected chi connectivity index (χ4v) is 1.99. The van der Waals surface area contributed by atoms with Gasteiger partial charge in [-0.2, -0.15) is 18.3 Å². The largest absolute Gasteiger partial charge is 0.432 e. The van der Waals surface area contributed by atoms with Crippen molar-refractivity contribution in [2.75, 3.05) is 0 Å². The SMILES string of the molecule is C/C=C(\C)N(Cc1ccccc1)C(=O)c1cc(C(F)(F)F)[nH]n1. The van der Waals surface area contributed by atoms with Crippen LogP contribution in [0.25, 0.3) is 0 Å². The lowest BCUT2D eigenvalue weighted by molar-refractivity contribution is -0.141. The Bertz CT molecular complexity index is 705. The molecule has 0 saturated carbocycles. The van der Waals surface area contributed by atoms with Gasteiger partial charge in [0.2, 0.25) is 0 Å². The van der Waals surface area contributed by atoms with Crippen LogP contribution in [0.5, 0.6) is 0 Å². The van der Waals surface area contributed by atoms with Crippen LogP contribution in [0.4, 0.5) is 13.2 Å². The molecule has 1 aromatic heterocycles. The highest BCUT2D eigenvalue weighted by Gasteiger charge is 2.34. The van der Waals surface area contributed by atoms with Crippen LogP contribution < -0.4 is 0 Å². The molecule has 0 aliphatic carbocycles. The number of aromatic nitrogens is 2. The molecule has 0 fully saturated rings. The topological polar surface area (TPSA) is 49.0 Å². The van der Waals surface area contributed by atoms with Crippen molar-refractivity contribution >= 4 is 5.91 Å². The first-order valence-corrected chi connectivity index (χ1v) is 6.94. The normalized spacial score (nSPS) is 12.3. The smallest absolute Gasteiger partial charge is 0.307 e. The molecule has 122 valence electrons. The number of rotatable bonds is 4. The predicted molar refractivity (Wildman–Crippen MR) is 79.3 cm³/mol. The van der Waals surface area contributed by atoms with E-state index < -0.39 is 17.8 Å². The fourth-order valence-electron chi connectivity index (χ4n) is 1.99. The molecular weight excluding hydrogens is 307 g/mol. The van der Waals surface area contributed by atoms with Crippen molar-refractivity contribution in [3.05, 3.63) is 65.1 Å². The molecule has 0 saturated heterocycles. The van der Waals surface area contributed by atoms with Crippen molar-refractivity contribution in [1.82, 2.24) is 15.1 Å². The number of amides is 1. The van der Waals surface area contributed by atoms with Gasteiger partial charge in [-0.25, -0.2) is 0 Å². The highest BCUT2D eigenvalue weighted by molar-refractivity contribution is 5.93. The molecule has 1 heterocycles. The van der Waals surface area contributed by atoms with E-state index >= 15 is 0 Å². The van der Waals surface area contributed by atoms with Crippen molar-refractivity contribution in [2.24, 2.45) is 0 Å². The lowest BCUT2D eigenvalue weighted by Crippen LogP contribution is -2.29. The standard InChI is InChI=1S/C16H16F3N3O/c1-3-11(2)22(10-12-7-5-4-6-8-12)15(23)13-9-14(21-20-13)16(17,18)19/h3-9H,10H2,1-2H3,(H,20,21)/b11-3+. The number of benzene rings is 1. The maximum atomic E-state index is 12.6. The number of aromatic amines is 1. The number of carbonyl (C=O) groups excluding carboxylic acids is 1. The summed E-state index contributed by atoms with van der Waals surface area (Å²) in [6, 6.07) is 9.92. The number of hydrogen-bond donors (Lipinski definition) is 1. The molecule has 0 bridgehead atoms. The Morgan fingerprint density at radius 2 is 1.96 bits per heavy atom. The molecule has 1 N–H and O–H groups in total. The molecule has 0 unspecified atom stereocenters.